The second-order valence-electron chi connectivity index (χ2n) is 7.99. The molecule has 1 N–H and O–H groups in total. The summed E-state index contributed by atoms with van der Waals surface area (Å²) in [7, 11) is 0. The topological polar surface area (TPSA) is 77.6 Å². The van der Waals surface area contributed by atoms with Crippen LogP contribution in [0.15, 0.2) is 36.7 Å². The van der Waals surface area contributed by atoms with Crippen LogP contribution >= 0.6 is 0 Å². The van der Waals surface area contributed by atoms with E-state index in [4.69, 9.17) is 0 Å². The second-order valence-corrected chi connectivity index (χ2v) is 7.99. The minimum absolute atomic E-state index is 0.0532. The maximum Gasteiger partial charge on any atom is 0.435 e. The fourth-order valence-electron chi connectivity index (χ4n) is 3.39. The van der Waals surface area contributed by atoms with Crippen molar-refractivity contribution in [3.05, 3.63) is 59.2 Å². The fourth-order valence-corrected chi connectivity index (χ4v) is 3.39. The molecule has 0 radical (unpaired) electrons. The maximum absolute atomic E-state index is 13.1. The van der Waals surface area contributed by atoms with Gasteiger partial charge in [-0.25, -0.2) is 9.67 Å². The van der Waals surface area contributed by atoms with E-state index in [1.54, 1.807) is 11.6 Å². The van der Waals surface area contributed by atoms with Gasteiger partial charge in [-0.05, 0) is 37.0 Å². The van der Waals surface area contributed by atoms with E-state index in [2.05, 4.69) is 20.5 Å². The van der Waals surface area contributed by atoms with Gasteiger partial charge in [0.1, 0.15) is 6.33 Å². The molecule has 1 atom stereocenters. The summed E-state index contributed by atoms with van der Waals surface area (Å²) >= 11 is 0. The summed E-state index contributed by atoms with van der Waals surface area (Å²) in [4.78, 5) is 16.7. The number of carbonyl (C=O) groups is 1. The van der Waals surface area contributed by atoms with Crippen LogP contribution in [0.5, 0.6) is 0 Å². The first-order valence-electron chi connectivity index (χ1n) is 10.1. The van der Waals surface area contributed by atoms with Gasteiger partial charge in [0.15, 0.2) is 5.69 Å². The van der Waals surface area contributed by atoms with Crippen molar-refractivity contribution in [2.24, 2.45) is 5.92 Å². The number of alkyl halides is 3. The third-order valence-corrected chi connectivity index (χ3v) is 5.36. The van der Waals surface area contributed by atoms with Gasteiger partial charge in [0, 0.05) is 11.6 Å². The van der Waals surface area contributed by atoms with Crippen LogP contribution in [-0.2, 0) is 24.1 Å². The van der Waals surface area contributed by atoms with Gasteiger partial charge in [0.05, 0.1) is 19.0 Å². The third kappa shape index (κ3) is 4.95. The van der Waals surface area contributed by atoms with Crippen LogP contribution < -0.4 is 5.32 Å². The molecule has 2 heterocycles. The van der Waals surface area contributed by atoms with Gasteiger partial charge in [-0.15, -0.1) is 5.10 Å². The quantitative estimate of drug-likeness (QED) is 0.612. The Morgan fingerprint density at radius 2 is 2.00 bits per heavy atom. The zero-order chi connectivity index (χ0) is 22.2. The number of nitrogens with one attached hydrogen (secondary N) is 1. The monoisotopic (exact) mass is 432 g/mol. The Labute approximate surface area is 177 Å². The van der Waals surface area contributed by atoms with Crippen molar-refractivity contribution in [3.8, 4) is 0 Å². The lowest BCUT2D eigenvalue weighted by molar-refractivity contribution is -0.141. The van der Waals surface area contributed by atoms with Crippen LogP contribution in [0.25, 0.3) is 0 Å². The van der Waals surface area contributed by atoms with Crippen molar-refractivity contribution < 1.29 is 18.0 Å². The lowest BCUT2D eigenvalue weighted by Crippen LogP contribution is -2.26. The van der Waals surface area contributed by atoms with Crippen molar-refractivity contribution in [2.75, 3.05) is 5.32 Å². The predicted octanol–water partition coefficient (Wildman–Crippen LogP) is 4.00. The first-order chi connectivity index (χ1) is 14.7. The van der Waals surface area contributed by atoms with E-state index in [0.29, 0.717) is 12.2 Å². The molecule has 10 heteroatoms. The highest BCUT2D eigenvalue weighted by Gasteiger charge is 2.38. The zero-order valence-corrected chi connectivity index (χ0v) is 17.2. The zero-order valence-electron chi connectivity index (χ0n) is 17.2. The Morgan fingerprint density at radius 1 is 1.26 bits per heavy atom. The van der Waals surface area contributed by atoms with Crippen LogP contribution in [0.3, 0.4) is 0 Å². The average molecular weight is 432 g/mol. The molecule has 3 aromatic rings. The van der Waals surface area contributed by atoms with Gasteiger partial charge in [-0.3, -0.25) is 14.8 Å². The van der Waals surface area contributed by atoms with Crippen molar-refractivity contribution in [1.82, 2.24) is 24.5 Å². The van der Waals surface area contributed by atoms with E-state index in [9.17, 15) is 18.0 Å². The molecule has 1 aromatic carbocycles. The van der Waals surface area contributed by atoms with Crippen LogP contribution in [0, 0.1) is 12.8 Å². The van der Waals surface area contributed by atoms with Crippen LogP contribution in [0.4, 0.5) is 19.1 Å². The first kappa shape index (κ1) is 21.1. The second kappa shape index (κ2) is 8.16. The van der Waals surface area contributed by atoms with Gasteiger partial charge in [0.25, 0.3) is 0 Å². The number of anilines is 1. The molecular formula is C21H23F3N6O. The number of hydrogen-bond donors (Lipinski definition) is 1. The Balaban J connectivity index is 1.40. The molecule has 164 valence electrons. The highest BCUT2D eigenvalue weighted by atomic mass is 19.4. The summed E-state index contributed by atoms with van der Waals surface area (Å²) in [5.41, 5.74) is 1.83. The van der Waals surface area contributed by atoms with E-state index in [1.165, 1.54) is 11.0 Å². The average Bonchev–Trinajstić information content (AvgIpc) is 3.31. The molecule has 1 unspecified atom stereocenters. The molecule has 4 rings (SSSR count). The van der Waals surface area contributed by atoms with Gasteiger partial charge in [0.2, 0.25) is 11.9 Å². The summed E-state index contributed by atoms with van der Waals surface area (Å²) in [6.45, 7) is 4.22. The van der Waals surface area contributed by atoms with Gasteiger partial charge in [-0.1, -0.05) is 31.2 Å². The van der Waals surface area contributed by atoms with Gasteiger partial charge in [-0.2, -0.15) is 18.3 Å². The summed E-state index contributed by atoms with van der Waals surface area (Å²) in [5.74, 6) is -0.747. The number of benzene rings is 1. The van der Waals surface area contributed by atoms with E-state index >= 15 is 0 Å². The lowest BCUT2D eigenvalue weighted by atomic mass is 10.1. The Kier molecular flexibility index (Phi) is 5.55. The Morgan fingerprint density at radius 3 is 2.68 bits per heavy atom. The van der Waals surface area contributed by atoms with Crippen molar-refractivity contribution in [2.45, 2.75) is 51.9 Å². The van der Waals surface area contributed by atoms with Gasteiger partial charge < -0.3 is 0 Å². The number of aromatic nitrogens is 5. The van der Waals surface area contributed by atoms with Crippen molar-refractivity contribution in [3.63, 3.8) is 0 Å². The number of hydrogen-bond acceptors (Lipinski definition) is 4. The molecular weight excluding hydrogens is 409 g/mol. The smallest absolute Gasteiger partial charge is 0.293 e. The molecule has 1 fully saturated rings. The summed E-state index contributed by atoms with van der Waals surface area (Å²) in [6.07, 6.45) is -1.30. The number of carbonyl (C=O) groups excluding carboxylic acids is 1. The molecule has 1 aliphatic rings. The fraction of sp³-hybridized carbons (Fsp3) is 0.429. The lowest BCUT2D eigenvalue weighted by Gasteiger charge is -2.13. The van der Waals surface area contributed by atoms with E-state index < -0.39 is 17.8 Å². The normalized spacial score (nSPS) is 15.1. The maximum atomic E-state index is 13.1. The summed E-state index contributed by atoms with van der Waals surface area (Å²) in [6, 6.07) is 9.00. The number of amides is 1. The molecule has 1 saturated carbocycles. The highest BCUT2D eigenvalue weighted by molar-refractivity contribution is 5.90. The molecule has 0 spiro atoms. The minimum Gasteiger partial charge on any atom is -0.293 e. The van der Waals surface area contributed by atoms with Crippen molar-refractivity contribution >= 4 is 11.9 Å². The third-order valence-electron chi connectivity index (χ3n) is 5.36. The van der Waals surface area contributed by atoms with Crippen LogP contribution in [-0.4, -0.2) is 30.5 Å². The summed E-state index contributed by atoms with van der Waals surface area (Å²) in [5, 5.41) is 10.6. The molecule has 31 heavy (non-hydrogen) atoms. The molecule has 1 amide bonds. The SMILES string of the molecule is Cc1ccccc1Cn1cnc(NC(=O)C(C)Cn2nc(C(F)(F)F)cc2C2CC2)n1. The number of halogens is 3. The van der Waals surface area contributed by atoms with Gasteiger partial charge >= 0.3 is 6.18 Å². The number of nitrogens with zero attached hydrogens (tertiary/aromatic N) is 5. The predicted molar refractivity (Wildman–Crippen MR) is 107 cm³/mol. The molecule has 0 bridgehead atoms. The molecule has 2 aromatic heterocycles. The standard InChI is InChI=1S/C21H23F3N6O/c1-13-5-3-4-6-16(13)11-29-12-25-20(28-29)26-19(31)14(2)10-30-17(15-7-8-15)9-18(27-30)21(22,23)24/h3-6,9,12,14-15H,7-8,10-11H2,1-2H3,(H,26,28,31). The van der Waals surface area contributed by atoms with Crippen molar-refractivity contribution in [1.29, 1.82) is 0 Å². The van der Waals surface area contributed by atoms with E-state index in [-0.39, 0.29) is 24.3 Å². The number of aryl methyl sites for hydroxylation is 1. The Bertz CT molecular complexity index is 1080. The highest BCUT2D eigenvalue weighted by Crippen LogP contribution is 2.42. The van der Waals surface area contributed by atoms with Crippen LogP contribution in [0.2, 0.25) is 0 Å². The Hall–Kier alpha value is -3.17. The number of rotatable bonds is 7. The summed E-state index contributed by atoms with van der Waals surface area (Å²) < 4.78 is 42.1. The largest absolute Gasteiger partial charge is 0.435 e. The minimum atomic E-state index is -4.51. The molecule has 0 aliphatic heterocycles. The van der Waals surface area contributed by atoms with E-state index in [1.807, 2.05) is 31.2 Å². The molecule has 1 aliphatic carbocycles. The molecule has 7 nitrogen and oxygen atoms in total. The molecule has 0 saturated heterocycles. The first-order valence-corrected chi connectivity index (χ1v) is 10.1. The van der Waals surface area contributed by atoms with E-state index in [0.717, 1.165) is 30.0 Å². The van der Waals surface area contributed by atoms with Crippen LogP contribution in [0.1, 0.15) is 48.2 Å².